The van der Waals surface area contributed by atoms with Gasteiger partial charge in [-0.1, -0.05) is 6.07 Å². The van der Waals surface area contributed by atoms with E-state index in [1.165, 1.54) is 0 Å². The summed E-state index contributed by atoms with van der Waals surface area (Å²) in [6.07, 6.45) is 1.69. The second-order valence-corrected chi connectivity index (χ2v) is 4.13. The van der Waals surface area contributed by atoms with E-state index in [1.54, 1.807) is 6.20 Å². The maximum atomic E-state index is 11.7. The van der Waals surface area contributed by atoms with Crippen LogP contribution in [0.5, 0.6) is 0 Å². The molecule has 0 saturated carbocycles. The molecule has 2 aliphatic rings. The summed E-state index contributed by atoms with van der Waals surface area (Å²) in [4.78, 5) is 27.3. The molecule has 5 heteroatoms. The van der Waals surface area contributed by atoms with Gasteiger partial charge in [-0.3, -0.25) is 19.9 Å². The third-order valence-corrected chi connectivity index (χ3v) is 3.24. The van der Waals surface area contributed by atoms with Gasteiger partial charge in [-0.2, -0.15) is 0 Å². The zero-order chi connectivity index (χ0) is 11.1. The molecule has 3 rings (SSSR count). The normalized spacial score (nSPS) is 32.6. The van der Waals surface area contributed by atoms with Gasteiger partial charge in [0.05, 0.1) is 23.6 Å². The highest BCUT2D eigenvalue weighted by atomic mass is 16.2. The highest BCUT2D eigenvalue weighted by Crippen LogP contribution is 2.36. The Morgan fingerprint density at radius 2 is 2.12 bits per heavy atom. The monoisotopic (exact) mass is 217 g/mol. The van der Waals surface area contributed by atoms with Gasteiger partial charge in [0.15, 0.2) is 0 Å². The number of hydrogen-bond donors (Lipinski definition) is 2. The van der Waals surface area contributed by atoms with E-state index in [1.807, 2.05) is 18.2 Å². The molecule has 2 unspecified atom stereocenters. The summed E-state index contributed by atoms with van der Waals surface area (Å²) in [5, 5.41) is 5.56. The SMILES string of the molecule is O=C1NC(=O)C2C1CN[C@@H]2c1ccccn1. The molecule has 0 spiro atoms. The fourth-order valence-corrected chi connectivity index (χ4v) is 2.48. The van der Waals surface area contributed by atoms with Crippen LogP contribution >= 0.6 is 0 Å². The van der Waals surface area contributed by atoms with Crippen molar-refractivity contribution in [3.63, 3.8) is 0 Å². The fraction of sp³-hybridized carbons (Fsp3) is 0.364. The Hall–Kier alpha value is -1.75. The summed E-state index contributed by atoms with van der Waals surface area (Å²) in [6, 6.07) is 5.44. The summed E-state index contributed by atoms with van der Waals surface area (Å²) in [5.41, 5.74) is 0.819. The smallest absolute Gasteiger partial charge is 0.232 e. The van der Waals surface area contributed by atoms with Crippen molar-refractivity contribution < 1.29 is 9.59 Å². The summed E-state index contributed by atoms with van der Waals surface area (Å²) in [6.45, 7) is 0.545. The molecule has 0 bridgehead atoms. The first-order valence-electron chi connectivity index (χ1n) is 5.26. The van der Waals surface area contributed by atoms with Crippen LogP contribution < -0.4 is 10.6 Å². The molecule has 82 valence electrons. The van der Waals surface area contributed by atoms with Crippen LogP contribution in [-0.4, -0.2) is 23.3 Å². The Kier molecular flexibility index (Phi) is 2.00. The minimum absolute atomic E-state index is 0.141. The first-order valence-corrected chi connectivity index (χ1v) is 5.26. The number of aromatic nitrogens is 1. The molecular weight excluding hydrogens is 206 g/mol. The van der Waals surface area contributed by atoms with Crippen molar-refractivity contribution in [2.45, 2.75) is 6.04 Å². The predicted molar refractivity (Wildman–Crippen MR) is 55.1 cm³/mol. The third-order valence-electron chi connectivity index (χ3n) is 3.24. The second kappa shape index (κ2) is 3.38. The van der Waals surface area contributed by atoms with Crippen LogP contribution in [0, 0.1) is 11.8 Å². The molecule has 0 aromatic carbocycles. The van der Waals surface area contributed by atoms with E-state index in [4.69, 9.17) is 0 Å². The van der Waals surface area contributed by atoms with Gasteiger partial charge in [0.1, 0.15) is 0 Å². The number of hydrogen-bond acceptors (Lipinski definition) is 4. The highest BCUT2D eigenvalue weighted by molar-refractivity contribution is 6.06. The van der Waals surface area contributed by atoms with Crippen LogP contribution in [0.1, 0.15) is 11.7 Å². The molecular formula is C11H11N3O2. The standard InChI is InChI=1S/C11H11N3O2/c15-10-6-5-13-9(8(6)11(16)14-10)7-3-1-2-4-12-7/h1-4,6,8-9,13H,5H2,(H,14,15,16)/t6?,8?,9-/m1/s1. The van der Waals surface area contributed by atoms with Gasteiger partial charge in [0.2, 0.25) is 11.8 Å². The molecule has 1 aromatic rings. The van der Waals surface area contributed by atoms with Crippen molar-refractivity contribution in [3.8, 4) is 0 Å². The van der Waals surface area contributed by atoms with Crippen molar-refractivity contribution in [1.82, 2.24) is 15.6 Å². The summed E-state index contributed by atoms with van der Waals surface area (Å²) < 4.78 is 0. The van der Waals surface area contributed by atoms with E-state index in [9.17, 15) is 9.59 Å². The largest absolute Gasteiger partial charge is 0.307 e. The van der Waals surface area contributed by atoms with E-state index in [-0.39, 0.29) is 29.7 Å². The van der Waals surface area contributed by atoms with E-state index in [2.05, 4.69) is 15.6 Å². The zero-order valence-electron chi connectivity index (χ0n) is 8.51. The molecule has 2 aliphatic heterocycles. The number of amides is 2. The molecule has 0 radical (unpaired) electrons. The molecule has 2 saturated heterocycles. The lowest BCUT2D eigenvalue weighted by Gasteiger charge is -2.14. The lowest BCUT2D eigenvalue weighted by atomic mass is 9.91. The van der Waals surface area contributed by atoms with Crippen LogP contribution in [0.3, 0.4) is 0 Å². The number of pyridine rings is 1. The number of carbonyl (C=O) groups excluding carboxylic acids is 2. The molecule has 5 nitrogen and oxygen atoms in total. The Bertz CT molecular complexity index is 446. The van der Waals surface area contributed by atoms with Gasteiger partial charge in [0.25, 0.3) is 0 Å². The Morgan fingerprint density at radius 3 is 2.88 bits per heavy atom. The van der Waals surface area contributed by atoms with Crippen molar-refractivity contribution >= 4 is 11.8 Å². The molecule has 16 heavy (non-hydrogen) atoms. The van der Waals surface area contributed by atoms with Crippen molar-refractivity contribution in [3.05, 3.63) is 30.1 Å². The topological polar surface area (TPSA) is 71.1 Å². The minimum atomic E-state index is -0.303. The van der Waals surface area contributed by atoms with Gasteiger partial charge in [-0.05, 0) is 12.1 Å². The summed E-state index contributed by atoms with van der Waals surface area (Å²) >= 11 is 0. The molecule has 2 amide bonds. The molecule has 3 atom stereocenters. The Labute approximate surface area is 92.3 Å². The number of rotatable bonds is 1. The van der Waals surface area contributed by atoms with Crippen LogP contribution in [0.4, 0.5) is 0 Å². The molecule has 3 heterocycles. The third kappa shape index (κ3) is 1.25. The molecule has 0 aliphatic carbocycles. The van der Waals surface area contributed by atoms with Crippen LogP contribution in [0.2, 0.25) is 0 Å². The lowest BCUT2D eigenvalue weighted by molar-refractivity contribution is -0.126. The van der Waals surface area contributed by atoms with Crippen LogP contribution in [0.15, 0.2) is 24.4 Å². The first kappa shape index (κ1) is 9.47. The Morgan fingerprint density at radius 1 is 1.25 bits per heavy atom. The average molecular weight is 217 g/mol. The van der Waals surface area contributed by atoms with Gasteiger partial charge in [-0.15, -0.1) is 0 Å². The zero-order valence-corrected chi connectivity index (χ0v) is 8.51. The average Bonchev–Trinajstić information content (AvgIpc) is 2.84. The second-order valence-electron chi connectivity index (χ2n) is 4.13. The number of fused-ring (bicyclic) bond motifs is 1. The summed E-state index contributed by atoms with van der Waals surface area (Å²) in [5.74, 6) is -0.890. The summed E-state index contributed by atoms with van der Waals surface area (Å²) in [7, 11) is 0. The van der Waals surface area contributed by atoms with Crippen molar-refractivity contribution in [2.75, 3.05) is 6.54 Å². The quantitative estimate of drug-likeness (QED) is 0.629. The van der Waals surface area contributed by atoms with Gasteiger partial charge in [-0.25, -0.2) is 0 Å². The maximum absolute atomic E-state index is 11.7. The fourth-order valence-electron chi connectivity index (χ4n) is 2.48. The van der Waals surface area contributed by atoms with E-state index >= 15 is 0 Å². The van der Waals surface area contributed by atoms with Gasteiger partial charge >= 0.3 is 0 Å². The highest BCUT2D eigenvalue weighted by Gasteiger charge is 2.50. The number of nitrogens with zero attached hydrogens (tertiary/aromatic N) is 1. The molecule has 2 N–H and O–H groups in total. The van der Waals surface area contributed by atoms with E-state index in [0.717, 1.165) is 5.69 Å². The van der Waals surface area contributed by atoms with Gasteiger partial charge in [0, 0.05) is 12.7 Å². The Balaban J connectivity index is 1.94. The predicted octanol–water partition coefficient (Wildman–Crippen LogP) is -0.385. The van der Waals surface area contributed by atoms with E-state index < -0.39 is 0 Å². The number of nitrogens with one attached hydrogen (secondary N) is 2. The molecule has 2 fully saturated rings. The van der Waals surface area contributed by atoms with Crippen LogP contribution in [-0.2, 0) is 9.59 Å². The maximum Gasteiger partial charge on any atom is 0.232 e. The van der Waals surface area contributed by atoms with Crippen molar-refractivity contribution in [1.29, 1.82) is 0 Å². The van der Waals surface area contributed by atoms with Crippen LogP contribution in [0.25, 0.3) is 0 Å². The van der Waals surface area contributed by atoms with Crippen molar-refractivity contribution in [2.24, 2.45) is 11.8 Å². The van der Waals surface area contributed by atoms with E-state index in [0.29, 0.717) is 6.54 Å². The number of imide groups is 1. The van der Waals surface area contributed by atoms with Gasteiger partial charge < -0.3 is 5.32 Å². The number of carbonyl (C=O) groups is 2. The lowest BCUT2D eigenvalue weighted by Crippen LogP contribution is -2.30. The minimum Gasteiger partial charge on any atom is -0.307 e. The first-order chi connectivity index (χ1) is 7.77. The molecule has 1 aromatic heterocycles.